The van der Waals surface area contributed by atoms with Gasteiger partial charge >= 0.3 is 0 Å². The molecular formula is C18H29N3O. The van der Waals surface area contributed by atoms with Crippen molar-refractivity contribution in [1.29, 1.82) is 0 Å². The van der Waals surface area contributed by atoms with E-state index in [9.17, 15) is 4.79 Å². The molecule has 0 radical (unpaired) electrons. The van der Waals surface area contributed by atoms with E-state index < -0.39 is 0 Å². The Bertz CT molecular complexity index is 464. The van der Waals surface area contributed by atoms with Gasteiger partial charge in [0.25, 0.3) is 0 Å². The van der Waals surface area contributed by atoms with E-state index in [0.29, 0.717) is 6.54 Å². The molecule has 1 aromatic rings. The van der Waals surface area contributed by atoms with Crippen LogP contribution in [0.25, 0.3) is 0 Å². The smallest absolute Gasteiger partial charge is 0.237 e. The third-order valence-electron chi connectivity index (χ3n) is 4.49. The topological polar surface area (TPSA) is 44.4 Å². The number of amides is 1. The molecule has 0 saturated carbocycles. The van der Waals surface area contributed by atoms with Crippen LogP contribution in [0, 0.1) is 0 Å². The average molecular weight is 303 g/mol. The Morgan fingerprint density at radius 2 is 2.05 bits per heavy atom. The Hall–Kier alpha value is -1.39. The summed E-state index contributed by atoms with van der Waals surface area (Å²) < 4.78 is 0. The Kier molecular flexibility index (Phi) is 6.40. The van der Waals surface area contributed by atoms with Gasteiger partial charge in [-0.15, -0.1) is 0 Å². The molecule has 1 amide bonds. The van der Waals surface area contributed by atoms with E-state index in [1.807, 2.05) is 0 Å². The molecule has 0 aliphatic carbocycles. The number of nitrogens with one attached hydrogen (secondary N) is 2. The highest BCUT2D eigenvalue weighted by Crippen LogP contribution is 2.18. The number of nitrogens with zero attached hydrogens (tertiary/aromatic N) is 1. The maximum atomic E-state index is 12.3. The van der Waals surface area contributed by atoms with Gasteiger partial charge in [0.05, 0.1) is 12.1 Å². The minimum atomic E-state index is -0.0148. The minimum absolute atomic E-state index is 0.0148. The van der Waals surface area contributed by atoms with E-state index in [-0.39, 0.29) is 18.0 Å². The number of likely N-dealkylation sites (N-methyl/N-ethyl adjacent to an activating group) is 1. The zero-order chi connectivity index (χ0) is 15.9. The molecule has 0 bridgehead atoms. The molecule has 1 aliphatic heterocycles. The van der Waals surface area contributed by atoms with Crippen LogP contribution >= 0.6 is 0 Å². The fraction of sp³-hybridized carbons (Fsp3) is 0.611. The normalized spacial score (nSPS) is 19.9. The zero-order valence-electron chi connectivity index (χ0n) is 14.1. The van der Waals surface area contributed by atoms with E-state index in [0.717, 1.165) is 25.8 Å². The molecule has 0 aromatic heterocycles. The van der Waals surface area contributed by atoms with Gasteiger partial charge in [-0.05, 0) is 51.0 Å². The van der Waals surface area contributed by atoms with Crippen LogP contribution in [0.2, 0.25) is 0 Å². The van der Waals surface area contributed by atoms with Crippen molar-refractivity contribution in [3.63, 3.8) is 0 Å². The molecule has 1 fully saturated rings. The van der Waals surface area contributed by atoms with Gasteiger partial charge in [0, 0.05) is 6.54 Å². The SMILES string of the molecule is CCc1ccc(C(CNC(=O)C2CCCCN2)N(C)C)cc1. The van der Waals surface area contributed by atoms with Crippen molar-refractivity contribution in [2.24, 2.45) is 0 Å². The second-order valence-electron chi connectivity index (χ2n) is 6.32. The van der Waals surface area contributed by atoms with E-state index in [2.05, 4.69) is 60.8 Å². The first-order valence-corrected chi connectivity index (χ1v) is 8.38. The summed E-state index contributed by atoms with van der Waals surface area (Å²) in [6.45, 7) is 3.76. The first kappa shape index (κ1) is 17.0. The monoisotopic (exact) mass is 303 g/mol. The van der Waals surface area contributed by atoms with Crippen LogP contribution in [0.4, 0.5) is 0 Å². The first-order valence-electron chi connectivity index (χ1n) is 8.38. The molecule has 4 nitrogen and oxygen atoms in total. The number of carbonyl (C=O) groups excluding carboxylic acids is 1. The van der Waals surface area contributed by atoms with Crippen LogP contribution in [0.3, 0.4) is 0 Å². The van der Waals surface area contributed by atoms with Gasteiger partial charge < -0.3 is 15.5 Å². The van der Waals surface area contributed by atoms with Crippen LogP contribution in [-0.2, 0) is 11.2 Å². The van der Waals surface area contributed by atoms with Gasteiger partial charge in [0.15, 0.2) is 0 Å². The highest BCUT2D eigenvalue weighted by atomic mass is 16.2. The van der Waals surface area contributed by atoms with Crippen molar-refractivity contribution in [1.82, 2.24) is 15.5 Å². The number of carbonyl (C=O) groups is 1. The fourth-order valence-electron chi connectivity index (χ4n) is 2.97. The van der Waals surface area contributed by atoms with Crippen molar-refractivity contribution < 1.29 is 4.79 Å². The van der Waals surface area contributed by atoms with Gasteiger partial charge in [-0.25, -0.2) is 0 Å². The quantitative estimate of drug-likeness (QED) is 0.846. The molecule has 1 aliphatic rings. The summed E-state index contributed by atoms with van der Waals surface area (Å²) in [6, 6.07) is 8.90. The molecule has 2 rings (SSSR count). The van der Waals surface area contributed by atoms with Crippen molar-refractivity contribution >= 4 is 5.91 Å². The number of hydrogen-bond acceptors (Lipinski definition) is 3. The molecule has 2 unspecified atom stereocenters. The van der Waals surface area contributed by atoms with Crippen molar-refractivity contribution in [2.75, 3.05) is 27.2 Å². The number of piperidine rings is 1. The summed E-state index contributed by atoms with van der Waals surface area (Å²) in [5, 5.41) is 6.42. The molecule has 2 N–H and O–H groups in total. The number of benzene rings is 1. The van der Waals surface area contributed by atoms with E-state index in [1.165, 1.54) is 17.5 Å². The summed E-state index contributed by atoms with van der Waals surface area (Å²) >= 11 is 0. The van der Waals surface area contributed by atoms with E-state index in [4.69, 9.17) is 0 Å². The highest BCUT2D eigenvalue weighted by molar-refractivity contribution is 5.81. The Morgan fingerprint density at radius 3 is 2.59 bits per heavy atom. The van der Waals surface area contributed by atoms with E-state index >= 15 is 0 Å². The highest BCUT2D eigenvalue weighted by Gasteiger charge is 2.22. The molecule has 1 saturated heterocycles. The lowest BCUT2D eigenvalue weighted by Gasteiger charge is -2.27. The second kappa shape index (κ2) is 8.30. The molecule has 4 heteroatoms. The molecule has 0 spiro atoms. The number of rotatable bonds is 6. The summed E-state index contributed by atoms with van der Waals surface area (Å²) in [5.74, 6) is 0.136. The van der Waals surface area contributed by atoms with Gasteiger partial charge in [0.2, 0.25) is 5.91 Å². The molecule has 122 valence electrons. The number of hydrogen-bond donors (Lipinski definition) is 2. The molecule has 1 heterocycles. The third kappa shape index (κ3) is 4.55. The van der Waals surface area contributed by atoms with Crippen LogP contribution in [0.15, 0.2) is 24.3 Å². The maximum absolute atomic E-state index is 12.3. The Labute approximate surface area is 134 Å². The van der Waals surface area contributed by atoms with Gasteiger partial charge in [-0.3, -0.25) is 4.79 Å². The van der Waals surface area contributed by atoms with Gasteiger partial charge in [0.1, 0.15) is 0 Å². The predicted octanol–water partition coefficient (Wildman–Crippen LogP) is 2.11. The van der Waals surface area contributed by atoms with Crippen molar-refractivity contribution in [3.05, 3.63) is 35.4 Å². The molecule has 1 aromatic carbocycles. The summed E-state index contributed by atoms with van der Waals surface area (Å²) in [5.41, 5.74) is 2.59. The van der Waals surface area contributed by atoms with Crippen LogP contribution < -0.4 is 10.6 Å². The van der Waals surface area contributed by atoms with E-state index in [1.54, 1.807) is 0 Å². The lowest BCUT2D eigenvalue weighted by atomic mass is 10.0. The summed E-state index contributed by atoms with van der Waals surface area (Å²) in [6.07, 6.45) is 4.31. The minimum Gasteiger partial charge on any atom is -0.353 e. The van der Waals surface area contributed by atoms with Crippen LogP contribution in [0.1, 0.15) is 43.4 Å². The maximum Gasteiger partial charge on any atom is 0.237 e. The third-order valence-corrected chi connectivity index (χ3v) is 4.49. The molecule has 22 heavy (non-hydrogen) atoms. The second-order valence-corrected chi connectivity index (χ2v) is 6.32. The zero-order valence-corrected chi connectivity index (χ0v) is 14.1. The average Bonchev–Trinajstić information content (AvgIpc) is 2.56. The lowest BCUT2D eigenvalue weighted by molar-refractivity contribution is -0.123. The predicted molar refractivity (Wildman–Crippen MR) is 90.9 cm³/mol. The summed E-state index contributed by atoms with van der Waals surface area (Å²) in [4.78, 5) is 14.4. The lowest BCUT2D eigenvalue weighted by Crippen LogP contribution is -2.48. The number of aryl methyl sites for hydroxylation is 1. The van der Waals surface area contributed by atoms with Crippen LogP contribution in [0.5, 0.6) is 0 Å². The molecule has 2 atom stereocenters. The summed E-state index contributed by atoms with van der Waals surface area (Å²) in [7, 11) is 4.12. The Balaban J connectivity index is 1.94. The van der Waals surface area contributed by atoms with Gasteiger partial charge in [-0.1, -0.05) is 37.6 Å². The van der Waals surface area contributed by atoms with Crippen LogP contribution in [-0.4, -0.2) is 44.0 Å². The van der Waals surface area contributed by atoms with Crippen molar-refractivity contribution in [2.45, 2.75) is 44.7 Å². The Morgan fingerprint density at radius 1 is 1.32 bits per heavy atom. The van der Waals surface area contributed by atoms with Gasteiger partial charge in [-0.2, -0.15) is 0 Å². The first-order chi connectivity index (χ1) is 10.6. The fourth-order valence-corrected chi connectivity index (χ4v) is 2.97. The van der Waals surface area contributed by atoms with Crippen molar-refractivity contribution in [3.8, 4) is 0 Å². The molecular weight excluding hydrogens is 274 g/mol. The largest absolute Gasteiger partial charge is 0.353 e. The standard InChI is InChI=1S/C18H29N3O/c1-4-14-8-10-15(11-9-14)17(21(2)3)13-20-18(22)16-7-5-6-12-19-16/h8-11,16-17,19H,4-7,12-13H2,1-3H3,(H,20,22).